The van der Waals surface area contributed by atoms with E-state index in [0.29, 0.717) is 33.9 Å². The highest BCUT2D eigenvalue weighted by Crippen LogP contribution is 2.35. The highest BCUT2D eigenvalue weighted by atomic mass is 35.5. The molecule has 28 heavy (non-hydrogen) atoms. The van der Waals surface area contributed by atoms with Crippen LogP contribution in [-0.2, 0) is 4.79 Å². The number of nitrogens with one attached hydrogen (secondary N) is 1. The van der Waals surface area contributed by atoms with Crippen LogP contribution in [0.4, 0.5) is 15.9 Å². The van der Waals surface area contributed by atoms with Gasteiger partial charge in [0.25, 0.3) is 0 Å². The Kier molecular flexibility index (Phi) is 6.23. The third-order valence-electron chi connectivity index (χ3n) is 3.92. The van der Waals surface area contributed by atoms with Crippen molar-refractivity contribution in [1.82, 2.24) is 9.97 Å². The predicted octanol–water partition coefficient (Wildman–Crippen LogP) is 3.50. The van der Waals surface area contributed by atoms with E-state index in [2.05, 4.69) is 15.3 Å². The van der Waals surface area contributed by atoms with Crippen LogP contribution in [0, 0.1) is 5.82 Å². The number of Topliss-reactive ketones (excluding diaryl/α,β-unsaturated/α-hetero) is 1. The van der Waals surface area contributed by atoms with Crippen LogP contribution < -0.4 is 14.8 Å². The predicted molar refractivity (Wildman–Crippen MR) is 103 cm³/mol. The van der Waals surface area contributed by atoms with E-state index in [1.54, 1.807) is 12.1 Å². The first-order valence-electron chi connectivity index (χ1n) is 8.32. The number of carbonyl (C=O) groups is 1. The molecule has 0 saturated carbocycles. The first-order chi connectivity index (χ1) is 13.5. The number of aliphatic hydroxyl groups is 1. The first-order valence-corrected chi connectivity index (χ1v) is 8.69. The number of halogens is 2. The van der Waals surface area contributed by atoms with Crippen molar-refractivity contribution in [2.75, 3.05) is 25.6 Å². The van der Waals surface area contributed by atoms with Crippen molar-refractivity contribution in [1.29, 1.82) is 0 Å². The number of methoxy groups -OCH3 is 1. The minimum absolute atomic E-state index is 0.0115. The lowest BCUT2D eigenvalue weighted by molar-refractivity contribution is -0.122. The quantitative estimate of drug-likeness (QED) is 0.592. The molecule has 0 aliphatic heterocycles. The monoisotopic (exact) mass is 405 g/mol. The lowest BCUT2D eigenvalue weighted by atomic mass is 10.2. The van der Waals surface area contributed by atoms with Gasteiger partial charge >= 0.3 is 0 Å². The number of fused-ring (bicyclic) bond motifs is 1. The molecule has 2 aromatic carbocycles. The van der Waals surface area contributed by atoms with E-state index in [9.17, 15) is 9.18 Å². The zero-order valence-electron chi connectivity index (χ0n) is 14.9. The molecule has 146 valence electrons. The summed E-state index contributed by atoms with van der Waals surface area (Å²) in [6, 6.07) is 7.61. The molecule has 0 unspecified atom stereocenters. The summed E-state index contributed by atoms with van der Waals surface area (Å²) in [7, 11) is 1.49. The maximum Gasteiger partial charge on any atom is 0.162 e. The van der Waals surface area contributed by atoms with Crippen molar-refractivity contribution in [3.05, 3.63) is 47.5 Å². The van der Waals surface area contributed by atoms with Crippen LogP contribution in [0.5, 0.6) is 11.5 Å². The van der Waals surface area contributed by atoms with E-state index in [1.807, 2.05) is 0 Å². The molecule has 0 saturated heterocycles. The normalized spacial score (nSPS) is 10.7. The van der Waals surface area contributed by atoms with Gasteiger partial charge in [0.05, 0.1) is 24.3 Å². The van der Waals surface area contributed by atoms with Gasteiger partial charge in [0.2, 0.25) is 0 Å². The first kappa shape index (κ1) is 19.8. The number of ketones is 1. The van der Waals surface area contributed by atoms with Gasteiger partial charge in [-0.25, -0.2) is 14.4 Å². The molecule has 0 aliphatic rings. The molecule has 0 aliphatic carbocycles. The van der Waals surface area contributed by atoms with E-state index in [0.717, 1.165) is 0 Å². The van der Waals surface area contributed by atoms with Crippen LogP contribution in [-0.4, -0.2) is 41.2 Å². The number of aromatic nitrogens is 2. The fourth-order valence-electron chi connectivity index (χ4n) is 2.50. The Hall–Kier alpha value is -2.97. The molecule has 7 nitrogen and oxygen atoms in total. The molecule has 3 rings (SSSR count). The third kappa shape index (κ3) is 4.47. The summed E-state index contributed by atoms with van der Waals surface area (Å²) in [5, 5.41) is 12.5. The average Bonchev–Trinajstić information content (AvgIpc) is 2.70. The molecule has 1 aromatic heterocycles. The number of aliphatic hydroxyl groups excluding tert-OH is 1. The maximum atomic E-state index is 13.4. The van der Waals surface area contributed by atoms with Crippen molar-refractivity contribution in [2.45, 2.75) is 6.42 Å². The van der Waals surface area contributed by atoms with Crippen LogP contribution in [0.1, 0.15) is 6.42 Å². The van der Waals surface area contributed by atoms with Crippen LogP contribution in [0.25, 0.3) is 10.9 Å². The molecule has 0 atom stereocenters. The second kappa shape index (κ2) is 8.81. The Morgan fingerprint density at radius 2 is 2.07 bits per heavy atom. The zero-order chi connectivity index (χ0) is 20.1. The molecule has 0 amide bonds. The highest BCUT2D eigenvalue weighted by Gasteiger charge is 2.13. The summed E-state index contributed by atoms with van der Waals surface area (Å²) >= 11 is 5.83. The van der Waals surface area contributed by atoms with Crippen molar-refractivity contribution >= 4 is 39.8 Å². The van der Waals surface area contributed by atoms with E-state index >= 15 is 0 Å². The minimum atomic E-state index is -0.527. The Bertz CT molecular complexity index is 1020. The van der Waals surface area contributed by atoms with Gasteiger partial charge in [-0.1, -0.05) is 11.6 Å². The highest BCUT2D eigenvalue weighted by molar-refractivity contribution is 6.31. The van der Waals surface area contributed by atoms with Crippen molar-refractivity contribution < 1.29 is 23.8 Å². The number of rotatable bonds is 8. The zero-order valence-corrected chi connectivity index (χ0v) is 15.7. The Balaban J connectivity index is 1.93. The average molecular weight is 406 g/mol. The summed E-state index contributed by atoms with van der Waals surface area (Å²) in [5.41, 5.74) is 1.15. The fourth-order valence-corrected chi connectivity index (χ4v) is 2.68. The molecule has 0 bridgehead atoms. The van der Waals surface area contributed by atoms with Crippen molar-refractivity contribution in [3.8, 4) is 11.5 Å². The van der Waals surface area contributed by atoms with E-state index in [1.165, 1.54) is 31.6 Å². The molecule has 0 fully saturated rings. The van der Waals surface area contributed by atoms with Crippen molar-refractivity contribution in [2.24, 2.45) is 0 Å². The lowest BCUT2D eigenvalue weighted by Crippen LogP contribution is -2.10. The summed E-state index contributed by atoms with van der Waals surface area (Å²) in [4.78, 5) is 19.7. The van der Waals surface area contributed by atoms with Crippen LogP contribution >= 0.6 is 11.6 Å². The maximum absolute atomic E-state index is 13.4. The number of carbonyl (C=O) groups excluding carboxylic acids is 1. The largest absolute Gasteiger partial charge is 0.493 e. The Morgan fingerprint density at radius 3 is 2.79 bits per heavy atom. The Labute approximate surface area is 165 Å². The molecule has 1 heterocycles. The SMILES string of the molecule is COc1cc2ncnc(Nc3ccc(F)c(Cl)c3)c2cc1OCCC(=O)CO. The Morgan fingerprint density at radius 1 is 1.25 bits per heavy atom. The standard InChI is InChI=1S/C19H17ClFN3O4/c1-27-17-8-16-13(7-18(17)28-5-4-12(26)9-25)19(23-10-22-16)24-11-2-3-15(21)14(20)6-11/h2-3,6-8,10,25H,4-5,9H2,1H3,(H,22,23,24). The number of benzene rings is 2. The lowest BCUT2D eigenvalue weighted by Gasteiger charge is -2.14. The van der Waals surface area contributed by atoms with Crippen LogP contribution in [0.2, 0.25) is 5.02 Å². The molecule has 0 spiro atoms. The van der Waals surface area contributed by atoms with Gasteiger partial charge in [-0.15, -0.1) is 0 Å². The minimum Gasteiger partial charge on any atom is -0.493 e. The van der Waals surface area contributed by atoms with Crippen molar-refractivity contribution in [3.63, 3.8) is 0 Å². The number of nitrogens with zero attached hydrogens (tertiary/aromatic N) is 2. The number of hydrogen-bond donors (Lipinski definition) is 2. The second-order valence-electron chi connectivity index (χ2n) is 5.79. The van der Waals surface area contributed by atoms with Gasteiger partial charge in [0.15, 0.2) is 17.3 Å². The van der Waals surface area contributed by atoms with E-state index in [4.69, 9.17) is 26.2 Å². The smallest absolute Gasteiger partial charge is 0.162 e. The molecule has 3 aromatic rings. The molecular formula is C19H17ClFN3O4. The van der Waals surface area contributed by atoms with Crippen LogP contribution in [0.3, 0.4) is 0 Å². The second-order valence-corrected chi connectivity index (χ2v) is 6.20. The van der Waals surface area contributed by atoms with Crippen LogP contribution in [0.15, 0.2) is 36.7 Å². The fraction of sp³-hybridized carbons (Fsp3) is 0.211. The molecular weight excluding hydrogens is 389 g/mol. The van der Waals surface area contributed by atoms with Gasteiger partial charge in [-0.3, -0.25) is 4.79 Å². The molecule has 9 heteroatoms. The van der Waals surface area contributed by atoms with E-state index < -0.39 is 12.4 Å². The van der Waals surface area contributed by atoms with Gasteiger partial charge in [0.1, 0.15) is 24.6 Å². The summed E-state index contributed by atoms with van der Waals surface area (Å²) in [5.74, 6) is 0.469. The van der Waals surface area contributed by atoms with Gasteiger partial charge < -0.3 is 19.9 Å². The third-order valence-corrected chi connectivity index (χ3v) is 4.21. The number of ether oxygens (including phenoxy) is 2. The number of anilines is 2. The van der Waals surface area contributed by atoms with Gasteiger partial charge in [0, 0.05) is 23.6 Å². The van der Waals surface area contributed by atoms with E-state index in [-0.39, 0.29) is 23.8 Å². The molecule has 2 N–H and O–H groups in total. The topological polar surface area (TPSA) is 93.6 Å². The summed E-state index contributed by atoms with van der Waals surface area (Å²) in [6.45, 7) is -0.439. The summed E-state index contributed by atoms with van der Waals surface area (Å²) in [6.07, 6.45) is 1.46. The van der Waals surface area contributed by atoms with Gasteiger partial charge in [-0.2, -0.15) is 0 Å². The van der Waals surface area contributed by atoms with Gasteiger partial charge in [-0.05, 0) is 24.3 Å². The summed E-state index contributed by atoms with van der Waals surface area (Å²) < 4.78 is 24.3. The number of hydrogen-bond acceptors (Lipinski definition) is 7. The molecule has 0 radical (unpaired) electrons.